The first kappa shape index (κ1) is 8.38. The molecule has 1 aliphatic heterocycles. The third-order valence-corrected chi connectivity index (χ3v) is 2.02. The van der Waals surface area contributed by atoms with Gasteiger partial charge in [-0.15, -0.1) is 0 Å². The second-order valence-corrected chi connectivity index (χ2v) is 3.18. The van der Waals surface area contributed by atoms with Gasteiger partial charge in [-0.25, -0.2) is 0 Å². The summed E-state index contributed by atoms with van der Waals surface area (Å²) < 4.78 is 0. The minimum Gasteiger partial charge on any atom is -0.253 e. The van der Waals surface area contributed by atoms with Crippen molar-refractivity contribution in [3.8, 4) is 0 Å². The highest BCUT2D eigenvalue weighted by Gasteiger charge is 2.06. The van der Waals surface area contributed by atoms with Gasteiger partial charge in [0.05, 0.1) is 16.4 Å². The number of halogens is 1. The minimum absolute atomic E-state index is 0.642. The van der Waals surface area contributed by atoms with E-state index in [4.69, 9.17) is 11.6 Å². The number of hydrogen-bond donors (Lipinski definition) is 0. The molecule has 0 aliphatic carbocycles. The third-order valence-electron chi connectivity index (χ3n) is 1.79. The Morgan fingerprint density at radius 1 is 1.31 bits per heavy atom. The summed E-state index contributed by atoms with van der Waals surface area (Å²) in [6.45, 7) is 0. The van der Waals surface area contributed by atoms with Crippen LogP contribution >= 0.6 is 11.6 Å². The molecule has 0 saturated heterocycles. The fourth-order valence-electron chi connectivity index (χ4n) is 1.15. The molecule has 3 nitrogen and oxygen atoms in total. The van der Waals surface area contributed by atoms with E-state index in [0.29, 0.717) is 5.02 Å². The van der Waals surface area contributed by atoms with E-state index in [0.717, 1.165) is 24.2 Å². The second kappa shape index (κ2) is 3.66. The molecule has 0 atom stereocenters. The smallest absolute Gasteiger partial charge is 0.0889 e. The van der Waals surface area contributed by atoms with Gasteiger partial charge in [-0.05, 0) is 25.0 Å². The summed E-state index contributed by atoms with van der Waals surface area (Å²) in [7, 11) is 0. The summed E-state index contributed by atoms with van der Waals surface area (Å²) in [5.41, 5.74) is 1.79. The lowest BCUT2D eigenvalue weighted by Gasteiger charge is -2.04. The fraction of sp³-hybridized carbons (Fsp3) is 0.222. The average Bonchev–Trinajstić information content (AvgIpc) is 2.20. The summed E-state index contributed by atoms with van der Waals surface area (Å²) in [5.74, 6) is 0. The zero-order valence-corrected chi connectivity index (χ0v) is 7.70. The molecule has 0 saturated carbocycles. The number of pyridine rings is 1. The van der Waals surface area contributed by atoms with Gasteiger partial charge in [0, 0.05) is 12.4 Å². The van der Waals surface area contributed by atoms with E-state index < -0.39 is 0 Å². The lowest BCUT2D eigenvalue weighted by Crippen LogP contribution is -2.06. The summed E-state index contributed by atoms with van der Waals surface area (Å²) in [4.78, 5) is 4.17. The van der Waals surface area contributed by atoms with Gasteiger partial charge in [0.15, 0.2) is 0 Å². The molecular formula is C9H8ClN3. The van der Waals surface area contributed by atoms with Crippen LogP contribution in [0.5, 0.6) is 0 Å². The van der Waals surface area contributed by atoms with E-state index in [-0.39, 0.29) is 0 Å². The van der Waals surface area contributed by atoms with E-state index in [1.54, 1.807) is 12.4 Å². The Labute approximate surface area is 81.2 Å². The normalized spacial score (nSPS) is 15.6. The Morgan fingerprint density at radius 2 is 2.23 bits per heavy atom. The molecular weight excluding hydrogens is 186 g/mol. The maximum absolute atomic E-state index is 5.72. The van der Waals surface area contributed by atoms with Crippen LogP contribution in [0.1, 0.15) is 18.5 Å². The molecule has 1 aliphatic rings. The maximum atomic E-state index is 5.72. The molecule has 0 bridgehead atoms. The van der Waals surface area contributed by atoms with E-state index in [1.807, 2.05) is 12.1 Å². The van der Waals surface area contributed by atoms with Gasteiger partial charge >= 0.3 is 0 Å². The van der Waals surface area contributed by atoms with Crippen molar-refractivity contribution in [1.82, 2.24) is 4.98 Å². The molecule has 0 spiro atoms. The van der Waals surface area contributed by atoms with Crippen LogP contribution in [0.2, 0.25) is 5.02 Å². The quantitative estimate of drug-likeness (QED) is 0.675. The van der Waals surface area contributed by atoms with Crippen molar-refractivity contribution in [2.24, 2.45) is 10.2 Å². The van der Waals surface area contributed by atoms with Crippen molar-refractivity contribution in [2.75, 3.05) is 0 Å². The molecule has 1 aromatic heterocycles. The zero-order chi connectivity index (χ0) is 9.10. The van der Waals surface area contributed by atoms with Crippen molar-refractivity contribution < 1.29 is 0 Å². The number of nitrogens with zero attached hydrogens (tertiary/aromatic N) is 3. The van der Waals surface area contributed by atoms with Gasteiger partial charge in [0.2, 0.25) is 0 Å². The lowest BCUT2D eigenvalue weighted by atomic mass is 10.1. The van der Waals surface area contributed by atoms with Crippen molar-refractivity contribution in [1.29, 1.82) is 0 Å². The van der Waals surface area contributed by atoms with Crippen LogP contribution in [0, 0.1) is 0 Å². The molecule has 0 amide bonds. The van der Waals surface area contributed by atoms with Crippen LogP contribution in [0.4, 0.5) is 0 Å². The number of hydrogen-bond acceptors (Lipinski definition) is 3. The molecule has 13 heavy (non-hydrogen) atoms. The van der Waals surface area contributed by atoms with Crippen LogP contribution in [0.25, 0.3) is 0 Å². The Balaban J connectivity index is 2.30. The molecule has 66 valence electrons. The Hall–Kier alpha value is -1.22. The first-order valence-corrected chi connectivity index (χ1v) is 4.44. The first-order valence-electron chi connectivity index (χ1n) is 4.06. The molecule has 0 unspecified atom stereocenters. The maximum Gasteiger partial charge on any atom is 0.0889 e. The van der Waals surface area contributed by atoms with Crippen LogP contribution in [-0.2, 0) is 0 Å². The topological polar surface area (TPSA) is 37.6 Å². The predicted octanol–water partition coefficient (Wildman–Crippen LogP) is 2.30. The summed E-state index contributed by atoms with van der Waals surface area (Å²) >= 11 is 5.72. The molecule has 0 radical (unpaired) electrons. The average molecular weight is 194 g/mol. The van der Waals surface area contributed by atoms with Crippen molar-refractivity contribution in [2.45, 2.75) is 12.8 Å². The number of aromatic nitrogens is 1. The minimum atomic E-state index is 0.642. The largest absolute Gasteiger partial charge is 0.253 e. The van der Waals surface area contributed by atoms with Gasteiger partial charge in [0.1, 0.15) is 0 Å². The summed E-state index contributed by atoms with van der Waals surface area (Å²) in [6, 6.07) is 3.67. The standard InChI is InChI=1S/C9H8ClN3/c10-7-3-4-8(11-6-7)9-2-1-5-12-13-9/h3-6H,1-2H2. The molecule has 0 N–H and O–H groups in total. The van der Waals surface area contributed by atoms with Crippen LogP contribution in [0.15, 0.2) is 28.5 Å². The predicted molar refractivity (Wildman–Crippen MR) is 53.5 cm³/mol. The highest BCUT2D eigenvalue weighted by molar-refractivity contribution is 6.30. The third kappa shape index (κ3) is 1.92. The van der Waals surface area contributed by atoms with Gasteiger partial charge in [0.25, 0.3) is 0 Å². The molecule has 1 aromatic rings. The van der Waals surface area contributed by atoms with Gasteiger partial charge in [-0.1, -0.05) is 11.6 Å². The summed E-state index contributed by atoms with van der Waals surface area (Å²) in [6.07, 6.45) is 5.26. The van der Waals surface area contributed by atoms with E-state index in [2.05, 4.69) is 15.2 Å². The van der Waals surface area contributed by atoms with Gasteiger partial charge < -0.3 is 0 Å². The van der Waals surface area contributed by atoms with Crippen LogP contribution in [-0.4, -0.2) is 16.9 Å². The Morgan fingerprint density at radius 3 is 2.85 bits per heavy atom. The molecule has 4 heteroatoms. The Kier molecular flexibility index (Phi) is 2.36. The Bertz CT molecular complexity index is 354. The monoisotopic (exact) mass is 193 g/mol. The van der Waals surface area contributed by atoms with Crippen molar-refractivity contribution in [3.63, 3.8) is 0 Å². The second-order valence-electron chi connectivity index (χ2n) is 2.75. The molecule has 2 heterocycles. The van der Waals surface area contributed by atoms with Gasteiger partial charge in [-0.2, -0.15) is 10.2 Å². The van der Waals surface area contributed by atoms with Crippen LogP contribution in [0.3, 0.4) is 0 Å². The summed E-state index contributed by atoms with van der Waals surface area (Å²) in [5, 5.41) is 8.50. The molecule has 0 fully saturated rings. The lowest BCUT2D eigenvalue weighted by molar-refractivity contribution is 1.05. The zero-order valence-electron chi connectivity index (χ0n) is 6.94. The van der Waals surface area contributed by atoms with Crippen molar-refractivity contribution in [3.05, 3.63) is 29.0 Å². The van der Waals surface area contributed by atoms with E-state index in [9.17, 15) is 0 Å². The molecule has 2 rings (SSSR count). The van der Waals surface area contributed by atoms with Crippen molar-refractivity contribution >= 4 is 23.5 Å². The van der Waals surface area contributed by atoms with Crippen LogP contribution < -0.4 is 0 Å². The first-order chi connectivity index (χ1) is 6.36. The number of rotatable bonds is 1. The highest BCUT2D eigenvalue weighted by atomic mass is 35.5. The highest BCUT2D eigenvalue weighted by Crippen LogP contribution is 2.10. The van der Waals surface area contributed by atoms with Gasteiger partial charge in [-0.3, -0.25) is 4.98 Å². The fourth-order valence-corrected chi connectivity index (χ4v) is 1.26. The molecule has 0 aromatic carbocycles. The van der Waals surface area contributed by atoms with E-state index >= 15 is 0 Å². The SMILES string of the molecule is Clc1ccc(C2=NN=CCC2)nc1. The van der Waals surface area contributed by atoms with E-state index in [1.165, 1.54) is 0 Å².